The van der Waals surface area contributed by atoms with Gasteiger partial charge in [-0.2, -0.15) is 0 Å². The van der Waals surface area contributed by atoms with Crippen molar-refractivity contribution >= 4 is 16.7 Å². The SMILES string of the molecule is Cc1cc(C2CC(CN[C@H](C)c3cccc4ccccc34)Oc3ccccc32)ccc1C(=O)O. The minimum atomic E-state index is -0.888. The summed E-state index contributed by atoms with van der Waals surface area (Å²) in [6.45, 7) is 4.79. The molecule has 4 heteroatoms. The van der Waals surface area contributed by atoms with E-state index in [9.17, 15) is 9.90 Å². The maximum Gasteiger partial charge on any atom is 0.335 e. The van der Waals surface area contributed by atoms with Gasteiger partial charge in [-0.1, -0.05) is 72.8 Å². The molecule has 0 fully saturated rings. The molecule has 4 nitrogen and oxygen atoms in total. The number of aromatic carboxylic acids is 1. The molecule has 1 heterocycles. The number of fused-ring (bicyclic) bond motifs is 2. The molecule has 5 rings (SSSR count). The highest BCUT2D eigenvalue weighted by Gasteiger charge is 2.30. The van der Waals surface area contributed by atoms with Crippen LogP contribution in [0.2, 0.25) is 0 Å². The quantitative estimate of drug-likeness (QED) is 0.352. The number of rotatable bonds is 6. The van der Waals surface area contributed by atoms with Gasteiger partial charge in [0, 0.05) is 24.1 Å². The van der Waals surface area contributed by atoms with Crippen LogP contribution in [0.4, 0.5) is 0 Å². The Balaban J connectivity index is 1.37. The van der Waals surface area contributed by atoms with Gasteiger partial charge in [0.15, 0.2) is 0 Å². The first kappa shape index (κ1) is 22.2. The lowest BCUT2D eigenvalue weighted by Crippen LogP contribution is -2.37. The fraction of sp³-hybridized carbons (Fsp3) is 0.233. The van der Waals surface area contributed by atoms with Gasteiger partial charge in [-0.25, -0.2) is 4.79 Å². The van der Waals surface area contributed by atoms with Crippen LogP contribution in [0.1, 0.15) is 57.9 Å². The first-order chi connectivity index (χ1) is 16.5. The van der Waals surface area contributed by atoms with E-state index in [1.165, 1.54) is 16.3 Å². The van der Waals surface area contributed by atoms with Gasteiger partial charge in [-0.15, -0.1) is 0 Å². The van der Waals surface area contributed by atoms with Gasteiger partial charge in [-0.3, -0.25) is 0 Å². The largest absolute Gasteiger partial charge is 0.489 e. The maximum absolute atomic E-state index is 11.5. The number of carboxylic acids is 1. The van der Waals surface area contributed by atoms with Crippen LogP contribution in [0.5, 0.6) is 5.75 Å². The fourth-order valence-electron chi connectivity index (χ4n) is 5.12. The summed E-state index contributed by atoms with van der Waals surface area (Å²) in [7, 11) is 0. The zero-order valence-electron chi connectivity index (χ0n) is 19.5. The second-order valence-electron chi connectivity index (χ2n) is 9.14. The summed E-state index contributed by atoms with van der Waals surface area (Å²) in [6.07, 6.45) is 0.842. The van der Waals surface area contributed by atoms with Crippen LogP contribution in [0.15, 0.2) is 84.9 Å². The summed E-state index contributed by atoms with van der Waals surface area (Å²) >= 11 is 0. The van der Waals surface area contributed by atoms with Crippen molar-refractivity contribution < 1.29 is 14.6 Å². The maximum atomic E-state index is 11.5. The molecule has 0 amide bonds. The molecular formula is C30H29NO3. The highest BCUT2D eigenvalue weighted by Crippen LogP contribution is 2.40. The highest BCUT2D eigenvalue weighted by molar-refractivity contribution is 5.89. The molecule has 0 spiro atoms. The van der Waals surface area contributed by atoms with Crippen LogP contribution in [-0.2, 0) is 0 Å². The Morgan fingerprint density at radius 3 is 2.62 bits per heavy atom. The smallest absolute Gasteiger partial charge is 0.335 e. The lowest BCUT2D eigenvalue weighted by molar-refractivity contribution is 0.0696. The van der Waals surface area contributed by atoms with Gasteiger partial charge in [0.05, 0.1) is 5.56 Å². The summed E-state index contributed by atoms with van der Waals surface area (Å²) in [5, 5.41) is 15.6. The van der Waals surface area contributed by atoms with Crippen LogP contribution >= 0.6 is 0 Å². The molecule has 2 N–H and O–H groups in total. The molecule has 3 atom stereocenters. The van der Waals surface area contributed by atoms with E-state index in [4.69, 9.17) is 4.74 Å². The van der Waals surface area contributed by atoms with E-state index >= 15 is 0 Å². The molecule has 0 aromatic heterocycles. The molecule has 0 saturated carbocycles. The Kier molecular flexibility index (Phi) is 6.08. The van der Waals surface area contributed by atoms with Crippen LogP contribution < -0.4 is 10.1 Å². The van der Waals surface area contributed by atoms with Crippen molar-refractivity contribution in [3.63, 3.8) is 0 Å². The van der Waals surface area contributed by atoms with Crippen molar-refractivity contribution in [1.29, 1.82) is 0 Å². The van der Waals surface area contributed by atoms with E-state index in [0.717, 1.165) is 35.4 Å². The first-order valence-electron chi connectivity index (χ1n) is 11.8. The molecule has 0 saturated heterocycles. The van der Waals surface area contributed by atoms with Crippen LogP contribution in [0, 0.1) is 6.92 Å². The van der Waals surface area contributed by atoms with Crippen molar-refractivity contribution in [3.05, 3.63) is 113 Å². The van der Waals surface area contributed by atoms with E-state index < -0.39 is 5.97 Å². The van der Waals surface area contributed by atoms with E-state index in [-0.39, 0.29) is 18.1 Å². The average molecular weight is 452 g/mol. The second kappa shape index (κ2) is 9.32. The number of benzene rings is 4. The van der Waals surface area contributed by atoms with Crippen molar-refractivity contribution in [3.8, 4) is 5.75 Å². The number of carboxylic acid groups (broad SMARTS) is 1. The molecule has 0 radical (unpaired) electrons. The van der Waals surface area contributed by atoms with Crippen molar-refractivity contribution in [1.82, 2.24) is 5.32 Å². The Bertz CT molecular complexity index is 1340. The highest BCUT2D eigenvalue weighted by atomic mass is 16.5. The molecular weight excluding hydrogens is 422 g/mol. The van der Waals surface area contributed by atoms with Gasteiger partial charge >= 0.3 is 5.97 Å². The van der Waals surface area contributed by atoms with Crippen LogP contribution in [0.3, 0.4) is 0 Å². The van der Waals surface area contributed by atoms with Gasteiger partial charge in [-0.05, 0) is 59.9 Å². The fourth-order valence-corrected chi connectivity index (χ4v) is 5.12. The number of carbonyl (C=O) groups is 1. The molecule has 1 aliphatic heterocycles. The van der Waals surface area contributed by atoms with Gasteiger partial charge in [0.2, 0.25) is 0 Å². The zero-order chi connectivity index (χ0) is 23.7. The number of aryl methyl sites for hydroxylation is 1. The molecule has 2 unspecified atom stereocenters. The predicted molar refractivity (Wildman–Crippen MR) is 136 cm³/mol. The topological polar surface area (TPSA) is 58.6 Å². The number of ether oxygens (including phenoxy) is 1. The Morgan fingerprint density at radius 1 is 1.03 bits per heavy atom. The van der Waals surface area contributed by atoms with Crippen LogP contribution in [-0.4, -0.2) is 23.7 Å². The third kappa shape index (κ3) is 4.29. The van der Waals surface area contributed by atoms with Gasteiger partial charge < -0.3 is 15.2 Å². The van der Waals surface area contributed by atoms with E-state index in [1.807, 2.05) is 37.3 Å². The number of hydrogen-bond donors (Lipinski definition) is 2. The van der Waals surface area contributed by atoms with E-state index in [0.29, 0.717) is 5.56 Å². The summed E-state index contributed by atoms with van der Waals surface area (Å²) in [5.41, 5.74) is 4.71. The summed E-state index contributed by atoms with van der Waals surface area (Å²) in [6, 6.07) is 29.0. The molecule has 34 heavy (non-hydrogen) atoms. The van der Waals surface area contributed by atoms with Crippen molar-refractivity contribution in [2.45, 2.75) is 38.3 Å². The van der Waals surface area contributed by atoms with Gasteiger partial charge in [0.25, 0.3) is 0 Å². The normalized spacial score (nSPS) is 18.2. The Labute approximate surface area is 200 Å². The molecule has 0 bridgehead atoms. The lowest BCUT2D eigenvalue weighted by atomic mass is 9.83. The summed E-state index contributed by atoms with van der Waals surface area (Å²) < 4.78 is 6.39. The minimum Gasteiger partial charge on any atom is -0.489 e. The zero-order valence-corrected chi connectivity index (χ0v) is 19.5. The summed E-state index contributed by atoms with van der Waals surface area (Å²) in [4.78, 5) is 11.5. The number of hydrogen-bond acceptors (Lipinski definition) is 3. The lowest BCUT2D eigenvalue weighted by Gasteiger charge is -2.33. The number of nitrogens with one attached hydrogen (secondary N) is 1. The van der Waals surface area contributed by atoms with E-state index in [1.54, 1.807) is 6.07 Å². The van der Waals surface area contributed by atoms with E-state index in [2.05, 4.69) is 60.8 Å². The first-order valence-corrected chi connectivity index (χ1v) is 11.8. The Hall–Kier alpha value is -3.63. The van der Waals surface area contributed by atoms with Gasteiger partial charge in [0.1, 0.15) is 11.9 Å². The molecule has 4 aromatic carbocycles. The summed E-state index contributed by atoms with van der Waals surface area (Å²) in [5.74, 6) is 0.176. The Morgan fingerprint density at radius 2 is 1.79 bits per heavy atom. The number of para-hydroxylation sites is 1. The average Bonchev–Trinajstić information content (AvgIpc) is 2.86. The minimum absolute atomic E-state index is 0.0109. The monoisotopic (exact) mass is 451 g/mol. The molecule has 4 aromatic rings. The third-order valence-electron chi connectivity index (χ3n) is 6.91. The third-order valence-corrected chi connectivity index (χ3v) is 6.91. The molecule has 1 aliphatic rings. The molecule has 172 valence electrons. The van der Waals surface area contributed by atoms with Crippen molar-refractivity contribution in [2.24, 2.45) is 0 Å². The standard InChI is InChI=1S/C30H29NO3/c1-19-16-22(14-15-24(19)30(32)33)28-17-23(34-29-13-6-5-11-27(28)29)18-31-20(2)25-12-7-9-21-8-3-4-10-26(21)25/h3-16,20,23,28,31H,17-18H2,1-2H3,(H,32,33)/t20-,23?,28?/m1/s1. The predicted octanol–water partition coefficient (Wildman–Crippen LogP) is 6.48. The van der Waals surface area contributed by atoms with Crippen molar-refractivity contribution in [2.75, 3.05) is 6.54 Å². The second-order valence-corrected chi connectivity index (χ2v) is 9.14. The van der Waals surface area contributed by atoms with Crippen LogP contribution in [0.25, 0.3) is 10.8 Å². The molecule has 0 aliphatic carbocycles.